The molecule has 1 aliphatic heterocycles. The molecular weight excluding hydrogens is 212 g/mol. The molecule has 1 fully saturated rings. The first-order valence-electron chi connectivity index (χ1n) is 6.20. The number of carbonyl (C=O) groups excluding carboxylic acids is 1. The van der Waals surface area contributed by atoms with Crippen molar-refractivity contribution >= 4 is 5.91 Å². The Morgan fingerprint density at radius 2 is 1.76 bits per heavy atom. The first kappa shape index (κ1) is 12.1. The highest BCUT2D eigenvalue weighted by Gasteiger charge is 2.23. The highest BCUT2D eigenvalue weighted by molar-refractivity contribution is 5.97. The molecule has 0 aromatic heterocycles. The molecule has 3 heteroatoms. The lowest BCUT2D eigenvalue weighted by atomic mass is 9.99. The second-order valence-corrected chi connectivity index (χ2v) is 4.90. The standard InChI is InChI=1S/C14H20N2O/c1-10-4-3-5-11(2)13(10)14(17)16-8-6-12(15)7-9-16/h3-5,12H,6-9,15H2,1-2H3. The summed E-state index contributed by atoms with van der Waals surface area (Å²) in [5.74, 6) is 0.160. The number of rotatable bonds is 1. The Morgan fingerprint density at radius 1 is 1.24 bits per heavy atom. The van der Waals surface area contributed by atoms with Gasteiger partial charge < -0.3 is 10.6 Å². The van der Waals surface area contributed by atoms with Crippen LogP contribution >= 0.6 is 0 Å². The lowest BCUT2D eigenvalue weighted by molar-refractivity contribution is 0.0713. The van der Waals surface area contributed by atoms with Crippen molar-refractivity contribution in [1.82, 2.24) is 4.90 Å². The van der Waals surface area contributed by atoms with Gasteiger partial charge in [-0.05, 0) is 37.8 Å². The molecule has 0 radical (unpaired) electrons. The van der Waals surface area contributed by atoms with Crippen molar-refractivity contribution in [2.75, 3.05) is 13.1 Å². The molecule has 0 spiro atoms. The Kier molecular flexibility index (Phi) is 3.48. The van der Waals surface area contributed by atoms with Gasteiger partial charge in [-0.1, -0.05) is 18.2 Å². The maximum absolute atomic E-state index is 12.4. The Labute approximate surface area is 103 Å². The molecule has 2 rings (SSSR count). The third kappa shape index (κ3) is 2.50. The largest absolute Gasteiger partial charge is 0.339 e. The van der Waals surface area contributed by atoms with Crippen LogP contribution in [0.15, 0.2) is 18.2 Å². The third-order valence-corrected chi connectivity index (χ3v) is 3.52. The monoisotopic (exact) mass is 232 g/mol. The van der Waals surface area contributed by atoms with Crippen LogP contribution in [-0.2, 0) is 0 Å². The van der Waals surface area contributed by atoms with Crippen molar-refractivity contribution < 1.29 is 4.79 Å². The van der Waals surface area contributed by atoms with Crippen molar-refractivity contribution in [2.24, 2.45) is 5.73 Å². The van der Waals surface area contributed by atoms with Gasteiger partial charge >= 0.3 is 0 Å². The van der Waals surface area contributed by atoms with E-state index in [1.807, 2.05) is 36.9 Å². The van der Waals surface area contributed by atoms with Gasteiger partial charge in [0.25, 0.3) is 5.91 Å². The fraction of sp³-hybridized carbons (Fsp3) is 0.500. The Bertz CT molecular complexity index is 400. The van der Waals surface area contributed by atoms with Gasteiger partial charge in [-0.2, -0.15) is 0 Å². The molecule has 17 heavy (non-hydrogen) atoms. The van der Waals surface area contributed by atoms with E-state index in [9.17, 15) is 4.79 Å². The summed E-state index contributed by atoms with van der Waals surface area (Å²) in [6, 6.07) is 6.25. The zero-order valence-electron chi connectivity index (χ0n) is 10.6. The number of carbonyl (C=O) groups is 1. The molecule has 0 atom stereocenters. The summed E-state index contributed by atoms with van der Waals surface area (Å²) < 4.78 is 0. The third-order valence-electron chi connectivity index (χ3n) is 3.52. The molecule has 1 saturated heterocycles. The molecule has 1 heterocycles. The zero-order chi connectivity index (χ0) is 12.4. The van der Waals surface area contributed by atoms with Gasteiger partial charge in [0, 0.05) is 24.7 Å². The first-order chi connectivity index (χ1) is 8.09. The summed E-state index contributed by atoms with van der Waals surface area (Å²) >= 11 is 0. The van der Waals surface area contributed by atoms with E-state index in [0.717, 1.165) is 42.6 Å². The van der Waals surface area contributed by atoms with Gasteiger partial charge in [0.1, 0.15) is 0 Å². The number of aryl methyl sites for hydroxylation is 2. The van der Waals surface area contributed by atoms with E-state index in [4.69, 9.17) is 5.73 Å². The number of hydrogen-bond donors (Lipinski definition) is 1. The quantitative estimate of drug-likeness (QED) is 0.803. The van der Waals surface area contributed by atoms with Crippen molar-refractivity contribution in [3.8, 4) is 0 Å². The highest BCUT2D eigenvalue weighted by atomic mass is 16.2. The van der Waals surface area contributed by atoms with Crippen molar-refractivity contribution in [1.29, 1.82) is 0 Å². The summed E-state index contributed by atoms with van der Waals surface area (Å²) in [6.45, 7) is 5.56. The minimum absolute atomic E-state index is 0.160. The van der Waals surface area contributed by atoms with Crippen LogP contribution < -0.4 is 5.73 Å². The average Bonchev–Trinajstić information content (AvgIpc) is 2.29. The smallest absolute Gasteiger partial charge is 0.254 e. The van der Waals surface area contributed by atoms with Gasteiger partial charge in [-0.3, -0.25) is 4.79 Å². The van der Waals surface area contributed by atoms with Crippen LogP contribution in [0.25, 0.3) is 0 Å². The number of amides is 1. The SMILES string of the molecule is Cc1cccc(C)c1C(=O)N1CCC(N)CC1. The van der Waals surface area contributed by atoms with Gasteiger partial charge in [-0.25, -0.2) is 0 Å². The number of nitrogens with two attached hydrogens (primary N) is 1. The van der Waals surface area contributed by atoms with E-state index in [0.29, 0.717) is 0 Å². The van der Waals surface area contributed by atoms with E-state index in [1.165, 1.54) is 0 Å². The maximum atomic E-state index is 12.4. The first-order valence-corrected chi connectivity index (χ1v) is 6.20. The number of benzene rings is 1. The average molecular weight is 232 g/mol. The molecule has 1 aliphatic rings. The van der Waals surface area contributed by atoms with Crippen molar-refractivity contribution in [3.63, 3.8) is 0 Å². The van der Waals surface area contributed by atoms with Crippen molar-refractivity contribution in [3.05, 3.63) is 34.9 Å². The lowest BCUT2D eigenvalue weighted by Crippen LogP contribution is -2.43. The van der Waals surface area contributed by atoms with E-state index in [1.54, 1.807) is 0 Å². The van der Waals surface area contributed by atoms with Crippen LogP contribution in [0.3, 0.4) is 0 Å². The van der Waals surface area contributed by atoms with E-state index >= 15 is 0 Å². The predicted octanol–water partition coefficient (Wildman–Crippen LogP) is 1.87. The van der Waals surface area contributed by atoms with E-state index in [2.05, 4.69) is 0 Å². The molecule has 1 amide bonds. The fourth-order valence-corrected chi connectivity index (χ4v) is 2.41. The van der Waals surface area contributed by atoms with Gasteiger partial charge in [-0.15, -0.1) is 0 Å². The van der Waals surface area contributed by atoms with Crippen LogP contribution in [0, 0.1) is 13.8 Å². The number of hydrogen-bond acceptors (Lipinski definition) is 2. The minimum atomic E-state index is 0.160. The van der Waals surface area contributed by atoms with Crippen LogP contribution in [0.4, 0.5) is 0 Å². The molecule has 2 N–H and O–H groups in total. The second-order valence-electron chi connectivity index (χ2n) is 4.90. The zero-order valence-corrected chi connectivity index (χ0v) is 10.6. The van der Waals surface area contributed by atoms with Crippen molar-refractivity contribution in [2.45, 2.75) is 32.7 Å². The molecule has 0 unspecified atom stereocenters. The normalized spacial score (nSPS) is 17.2. The number of piperidine rings is 1. The molecule has 1 aromatic rings. The maximum Gasteiger partial charge on any atom is 0.254 e. The predicted molar refractivity (Wildman–Crippen MR) is 69.0 cm³/mol. The molecule has 1 aromatic carbocycles. The number of likely N-dealkylation sites (tertiary alicyclic amines) is 1. The topological polar surface area (TPSA) is 46.3 Å². The number of nitrogens with zero attached hydrogens (tertiary/aromatic N) is 1. The highest BCUT2D eigenvalue weighted by Crippen LogP contribution is 2.18. The Morgan fingerprint density at radius 3 is 2.29 bits per heavy atom. The van der Waals surface area contributed by atoms with Gasteiger partial charge in [0.2, 0.25) is 0 Å². The minimum Gasteiger partial charge on any atom is -0.339 e. The summed E-state index contributed by atoms with van der Waals surface area (Å²) in [5.41, 5.74) is 8.84. The molecule has 3 nitrogen and oxygen atoms in total. The van der Waals surface area contributed by atoms with Gasteiger partial charge in [0.15, 0.2) is 0 Å². The summed E-state index contributed by atoms with van der Waals surface area (Å²) in [7, 11) is 0. The molecular formula is C14H20N2O. The second kappa shape index (κ2) is 4.88. The summed E-state index contributed by atoms with van der Waals surface area (Å²) in [6.07, 6.45) is 1.83. The van der Waals surface area contributed by atoms with Crippen LogP contribution in [-0.4, -0.2) is 29.9 Å². The molecule has 92 valence electrons. The Balaban J connectivity index is 2.20. The fourth-order valence-electron chi connectivity index (χ4n) is 2.41. The van der Waals surface area contributed by atoms with Crippen LogP contribution in [0.5, 0.6) is 0 Å². The van der Waals surface area contributed by atoms with E-state index in [-0.39, 0.29) is 11.9 Å². The molecule has 0 bridgehead atoms. The molecule has 0 aliphatic carbocycles. The van der Waals surface area contributed by atoms with Gasteiger partial charge in [0.05, 0.1) is 0 Å². The molecule has 0 saturated carbocycles. The Hall–Kier alpha value is -1.35. The van der Waals surface area contributed by atoms with Crippen LogP contribution in [0.1, 0.15) is 34.3 Å². The summed E-state index contributed by atoms with van der Waals surface area (Å²) in [5, 5.41) is 0. The van der Waals surface area contributed by atoms with Crippen LogP contribution in [0.2, 0.25) is 0 Å². The lowest BCUT2D eigenvalue weighted by Gasteiger charge is -2.31. The van der Waals surface area contributed by atoms with E-state index < -0.39 is 0 Å². The summed E-state index contributed by atoms with van der Waals surface area (Å²) in [4.78, 5) is 14.4.